The van der Waals surface area contributed by atoms with Crippen LogP contribution in [0.2, 0.25) is 0 Å². The Morgan fingerprint density at radius 2 is 2.10 bits per heavy atom. The number of carbonyl (C=O) groups is 1. The second kappa shape index (κ2) is 8.28. The lowest BCUT2D eigenvalue weighted by atomic mass is 10.1. The standard InChI is InChI=1S/C19H18FN5O4S/c1-12-14(20)9-13(10-15(12)25(27)28)19(26)24-6-4-23(5-7-24)11-17-21-18(22-29-17)16-3-2-8-30-16/h2-3,8-10H,4-7,11H2,1H3. The van der Waals surface area contributed by atoms with E-state index in [1.165, 1.54) is 18.3 Å². The highest BCUT2D eigenvalue weighted by Crippen LogP contribution is 2.24. The van der Waals surface area contributed by atoms with Crippen LogP contribution in [-0.2, 0) is 6.54 Å². The van der Waals surface area contributed by atoms with Crippen molar-refractivity contribution in [2.45, 2.75) is 13.5 Å². The third kappa shape index (κ3) is 4.07. The number of nitro benzene ring substituents is 1. The summed E-state index contributed by atoms with van der Waals surface area (Å²) in [5, 5.41) is 17.0. The minimum Gasteiger partial charge on any atom is -0.338 e. The van der Waals surface area contributed by atoms with Gasteiger partial charge >= 0.3 is 0 Å². The molecule has 2 aromatic heterocycles. The van der Waals surface area contributed by atoms with Crippen LogP contribution >= 0.6 is 11.3 Å². The molecule has 4 rings (SSSR count). The highest BCUT2D eigenvalue weighted by atomic mass is 32.1. The van der Waals surface area contributed by atoms with Crippen molar-refractivity contribution < 1.29 is 18.6 Å². The van der Waals surface area contributed by atoms with Crippen LogP contribution in [0.5, 0.6) is 0 Å². The molecular weight excluding hydrogens is 413 g/mol. The maximum Gasteiger partial charge on any atom is 0.276 e. The van der Waals surface area contributed by atoms with Gasteiger partial charge < -0.3 is 9.42 Å². The molecule has 1 aliphatic heterocycles. The fraction of sp³-hybridized carbons (Fsp3) is 0.316. The molecule has 156 valence electrons. The van der Waals surface area contributed by atoms with Gasteiger partial charge in [-0.2, -0.15) is 4.98 Å². The summed E-state index contributed by atoms with van der Waals surface area (Å²) in [4.78, 5) is 32.1. The number of benzene rings is 1. The molecule has 1 saturated heterocycles. The van der Waals surface area contributed by atoms with Crippen molar-refractivity contribution in [3.05, 3.63) is 62.6 Å². The van der Waals surface area contributed by atoms with Gasteiger partial charge in [-0.05, 0) is 24.4 Å². The van der Waals surface area contributed by atoms with E-state index in [1.807, 2.05) is 17.5 Å². The molecule has 0 atom stereocenters. The largest absolute Gasteiger partial charge is 0.338 e. The number of nitro groups is 1. The zero-order valence-corrected chi connectivity index (χ0v) is 16.9. The minimum atomic E-state index is -0.760. The Bertz CT molecular complexity index is 1080. The molecular formula is C19H18FN5O4S. The van der Waals surface area contributed by atoms with Gasteiger partial charge in [-0.15, -0.1) is 11.3 Å². The smallest absolute Gasteiger partial charge is 0.276 e. The maximum atomic E-state index is 14.0. The van der Waals surface area contributed by atoms with E-state index in [-0.39, 0.29) is 11.1 Å². The first kappa shape index (κ1) is 20.1. The monoisotopic (exact) mass is 431 g/mol. The fourth-order valence-corrected chi connectivity index (χ4v) is 3.93. The number of thiophene rings is 1. The summed E-state index contributed by atoms with van der Waals surface area (Å²) in [6.07, 6.45) is 0. The van der Waals surface area contributed by atoms with E-state index in [0.29, 0.717) is 44.4 Å². The van der Waals surface area contributed by atoms with Gasteiger partial charge in [0.2, 0.25) is 11.7 Å². The third-order valence-corrected chi connectivity index (χ3v) is 5.85. The second-order valence-electron chi connectivity index (χ2n) is 6.92. The van der Waals surface area contributed by atoms with E-state index < -0.39 is 22.3 Å². The molecule has 0 saturated carbocycles. The number of hydrogen-bond acceptors (Lipinski definition) is 8. The van der Waals surface area contributed by atoms with E-state index in [9.17, 15) is 19.3 Å². The summed E-state index contributed by atoms with van der Waals surface area (Å²) < 4.78 is 19.3. The molecule has 0 spiro atoms. The van der Waals surface area contributed by atoms with Gasteiger partial charge in [-0.3, -0.25) is 19.8 Å². The zero-order chi connectivity index (χ0) is 21.3. The average Bonchev–Trinajstić information content (AvgIpc) is 3.41. The number of piperazine rings is 1. The molecule has 1 amide bonds. The summed E-state index contributed by atoms with van der Waals surface area (Å²) in [6, 6.07) is 6.03. The number of rotatable bonds is 5. The summed E-state index contributed by atoms with van der Waals surface area (Å²) in [5.74, 6) is -0.134. The molecule has 11 heteroatoms. The Morgan fingerprint density at radius 1 is 1.33 bits per heavy atom. The van der Waals surface area contributed by atoms with Crippen LogP contribution in [0.4, 0.5) is 10.1 Å². The summed E-state index contributed by atoms with van der Waals surface area (Å²) in [7, 11) is 0. The van der Waals surface area contributed by atoms with Gasteiger partial charge in [0.05, 0.1) is 21.9 Å². The van der Waals surface area contributed by atoms with Gasteiger partial charge in [-0.25, -0.2) is 4.39 Å². The predicted octanol–water partition coefficient (Wildman–Crippen LogP) is 3.11. The van der Waals surface area contributed by atoms with Crippen molar-refractivity contribution in [1.82, 2.24) is 19.9 Å². The second-order valence-corrected chi connectivity index (χ2v) is 7.86. The van der Waals surface area contributed by atoms with Gasteiger partial charge in [0.25, 0.3) is 11.6 Å². The highest BCUT2D eigenvalue weighted by Gasteiger charge is 2.26. The molecule has 0 bridgehead atoms. The maximum absolute atomic E-state index is 14.0. The highest BCUT2D eigenvalue weighted by molar-refractivity contribution is 7.13. The number of hydrogen-bond donors (Lipinski definition) is 0. The first-order valence-electron chi connectivity index (χ1n) is 9.25. The van der Waals surface area contributed by atoms with Gasteiger partial charge in [0.15, 0.2) is 0 Å². The average molecular weight is 431 g/mol. The summed E-state index contributed by atoms with van der Waals surface area (Å²) in [6.45, 7) is 3.74. The molecule has 1 fully saturated rings. The molecule has 1 aromatic carbocycles. The van der Waals surface area contributed by atoms with Crippen LogP contribution in [-0.4, -0.2) is 56.9 Å². The summed E-state index contributed by atoms with van der Waals surface area (Å²) in [5.41, 5.74) is -0.492. The molecule has 0 N–H and O–H groups in total. The molecule has 0 radical (unpaired) electrons. The molecule has 1 aliphatic rings. The third-order valence-electron chi connectivity index (χ3n) is 4.99. The number of nitrogens with zero attached hydrogens (tertiary/aromatic N) is 5. The Balaban J connectivity index is 1.38. The topological polar surface area (TPSA) is 106 Å². The van der Waals surface area contributed by atoms with E-state index in [2.05, 4.69) is 15.0 Å². The van der Waals surface area contributed by atoms with Crippen LogP contribution < -0.4 is 0 Å². The first-order chi connectivity index (χ1) is 14.4. The lowest BCUT2D eigenvalue weighted by molar-refractivity contribution is -0.385. The van der Waals surface area contributed by atoms with Crippen molar-refractivity contribution in [2.24, 2.45) is 0 Å². The Hall–Kier alpha value is -3.18. The number of carbonyl (C=O) groups excluding carboxylic acids is 1. The van der Waals surface area contributed by atoms with Crippen molar-refractivity contribution >= 4 is 22.9 Å². The van der Waals surface area contributed by atoms with Gasteiger partial charge in [-0.1, -0.05) is 11.2 Å². The molecule has 0 aliphatic carbocycles. The van der Waals surface area contributed by atoms with E-state index in [0.717, 1.165) is 17.0 Å². The molecule has 9 nitrogen and oxygen atoms in total. The molecule has 3 aromatic rings. The van der Waals surface area contributed by atoms with Crippen LogP contribution in [0.3, 0.4) is 0 Å². The number of amides is 1. The van der Waals surface area contributed by atoms with Gasteiger partial charge in [0, 0.05) is 37.8 Å². The van der Waals surface area contributed by atoms with Crippen LogP contribution in [0.1, 0.15) is 21.8 Å². The van der Waals surface area contributed by atoms with E-state index in [4.69, 9.17) is 4.52 Å². The fourth-order valence-electron chi connectivity index (χ4n) is 3.29. The van der Waals surface area contributed by atoms with Crippen LogP contribution in [0.15, 0.2) is 34.2 Å². The molecule has 30 heavy (non-hydrogen) atoms. The lowest BCUT2D eigenvalue weighted by Crippen LogP contribution is -2.48. The zero-order valence-electron chi connectivity index (χ0n) is 16.1. The molecule has 0 unspecified atom stereocenters. The van der Waals surface area contributed by atoms with Crippen LogP contribution in [0, 0.1) is 22.9 Å². The Kier molecular flexibility index (Phi) is 5.55. The number of halogens is 1. The van der Waals surface area contributed by atoms with Crippen molar-refractivity contribution in [2.75, 3.05) is 26.2 Å². The Morgan fingerprint density at radius 3 is 2.77 bits per heavy atom. The van der Waals surface area contributed by atoms with E-state index in [1.54, 1.807) is 4.90 Å². The van der Waals surface area contributed by atoms with Crippen molar-refractivity contribution in [1.29, 1.82) is 0 Å². The van der Waals surface area contributed by atoms with E-state index >= 15 is 0 Å². The normalized spacial score (nSPS) is 14.8. The lowest BCUT2D eigenvalue weighted by Gasteiger charge is -2.34. The SMILES string of the molecule is Cc1c(F)cc(C(=O)N2CCN(Cc3nc(-c4cccs4)no3)CC2)cc1[N+](=O)[O-]. The number of aromatic nitrogens is 2. The summed E-state index contributed by atoms with van der Waals surface area (Å²) >= 11 is 1.53. The Labute approximate surface area is 174 Å². The van der Waals surface area contributed by atoms with Gasteiger partial charge in [0.1, 0.15) is 5.82 Å². The minimum absolute atomic E-state index is 0.0178. The van der Waals surface area contributed by atoms with Crippen molar-refractivity contribution in [3.63, 3.8) is 0 Å². The quantitative estimate of drug-likeness (QED) is 0.451. The molecule has 3 heterocycles. The predicted molar refractivity (Wildman–Crippen MR) is 107 cm³/mol. The van der Waals surface area contributed by atoms with Crippen molar-refractivity contribution in [3.8, 4) is 10.7 Å². The van der Waals surface area contributed by atoms with Crippen LogP contribution in [0.25, 0.3) is 10.7 Å². The first-order valence-corrected chi connectivity index (χ1v) is 10.1.